The summed E-state index contributed by atoms with van der Waals surface area (Å²) in [6.07, 6.45) is -0.168. The molecule has 1 aromatic heterocycles. The molecule has 1 aliphatic heterocycles. The second-order valence-electron chi connectivity index (χ2n) is 5.81. The van der Waals surface area contributed by atoms with Gasteiger partial charge in [-0.25, -0.2) is 4.79 Å². The number of fused-ring (bicyclic) bond motifs is 1. The number of anilines is 2. The van der Waals surface area contributed by atoms with E-state index in [4.69, 9.17) is 0 Å². The standard InChI is InChI=1S/C16H16N4O4/c1-7-3-4-10(8(2)5-7)17-14(22)9-6-11(21)18-13-12(9)15(23)20-16(24)19-13/h3-5,9H,6H2,1-2H3,(H,17,22)(H3,18,19,20,21,23,24). The van der Waals surface area contributed by atoms with E-state index < -0.39 is 29.0 Å². The van der Waals surface area contributed by atoms with Gasteiger partial charge in [0.25, 0.3) is 5.56 Å². The van der Waals surface area contributed by atoms with E-state index in [1.807, 2.05) is 26.0 Å². The Bertz CT molecular complexity index is 957. The zero-order chi connectivity index (χ0) is 17.4. The van der Waals surface area contributed by atoms with Crippen LogP contribution in [0.1, 0.15) is 29.0 Å². The highest BCUT2D eigenvalue weighted by molar-refractivity contribution is 6.04. The summed E-state index contributed by atoms with van der Waals surface area (Å²) in [5.74, 6) is -1.92. The Labute approximate surface area is 136 Å². The monoisotopic (exact) mass is 328 g/mol. The first kappa shape index (κ1) is 15.7. The van der Waals surface area contributed by atoms with Crippen molar-refractivity contribution in [2.75, 3.05) is 10.6 Å². The maximum atomic E-state index is 12.6. The molecule has 1 aliphatic rings. The van der Waals surface area contributed by atoms with Crippen LogP contribution < -0.4 is 21.9 Å². The van der Waals surface area contributed by atoms with Gasteiger partial charge in [0.2, 0.25) is 11.8 Å². The highest BCUT2D eigenvalue weighted by Gasteiger charge is 2.34. The molecule has 0 spiro atoms. The first-order valence-corrected chi connectivity index (χ1v) is 7.39. The lowest BCUT2D eigenvalue weighted by Crippen LogP contribution is -2.39. The third-order valence-corrected chi connectivity index (χ3v) is 3.94. The van der Waals surface area contributed by atoms with E-state index >= 15 is 0 Å². The molecule has 0 saturated heterocycles. The minimum absolute atomic E-state index is 0.0271. The smallest absolute Gasteiger partial charge is 0.325 e. The average molecular weight is 328 g/mol. The second kappa shape index (κ2) is 5.80. The quantitative estimate of drug-likeness (QED) is 0.649. The molecule has 2 heterocycles. The molecule has 124 valence electrons. The van der Waals surface area contributed by atoms with Gasteiger partial charge in [-0.2, -0.15) is 0 Å². The van der Waals surface area contributed by atoms with Crippen molar-refractivity contribution in [3.63, 3.8) is 0 Å². The van der Waals surface area contributed by atoms with Crippen LogP contribution in [0.4, 0.5) is 11.5 Å². The number of hydrogen-bond acceptors (Lipinski definition) is 4. The highest BCUT2D eigenvalue weighted by Crippen LogP contribution is 2.28. The number of aryl methyl sites for hydroxylation is 2. The molecule has 2 aromatic rings. The first-order valence-electron chi connectivity index (χ1n) is 7.39. The summed E-state index contributed by atoms with van der Waals surface area (Å²) >= 11 is 0. The molecule has 8 nitrogen and oxygen atoms in total. The van der Waals surface area contributed by atoms with Crippen molar-refractivity contribution in [2.24, 2.45) is 0 Å². The first-order chi connectivity index (χ1) is 11.3. The summed E-state index contributed by atoms with van der Waals surface area (Å²) in [5.41, 5.74) is 1.17. The molecular weight excluding hydrogens is 312 g/mol. The minimum atomic E-state index is -0.977. The maximum absolute atomic E-state index is 12.6. The van der Waals surface area contributed by atoms with Crippen molar-refractivity contribution in [2.45, 2.75) is 26.2 Å². The number of carbonyl (C=O) groups excluding carboxylic acids is 2. The molecule has 0 fully saturated rings. The molecule has 0 aliphatic carbocycles. The number of benzene rings is 1. The molecule has 1 aromatic carbocycles. The van der Waals surface area contributed by atoms with Crippen molar-refractivity contribution in [1.82, 2.24) is 9.97 Å². The van der Waals surface area contributed by atoms with Gasteiger partial charge in [0.15, 0.2) is 0 Å². The third kappa shape index (κ3) is 2.85. The molecule has 4 N–H and O–H groups in total. The Morgan fingerprint density at radius 2 is 1.92 bits per heavy atom. The van der Waals surface area contributed by atoms with Crippen LogP contribution in [0, 0.1) is 13.8 Å². The van der Waals surface area contributed by atoms with Gasteiger partial charge in [0, 0.05) is 12.1 Å². The summed E-state index contributed by atoms with van der Waals surface area (Å²) in [6, 6.07) is 5.54. The van der Waals surface area contributed by atoms with Gasteiger partial charge >= 0.3 is 5.69 Å². The number of rotatable bonds is 2. The lowest BCUT2D eigenvalue weighted by Gasteiger charge is -2.23. The topological polar surface area (TPSA) is 124 Å². The van der Waals surface area contributed by atoms with E-state index in [1.54, 1.807) is 6.07 Å². The van der Waals surface area contributed by atoms with Crippen LogP contribution in [0.15, 0.2) is 27.8 Å². The number of aromatic nitrogens is 2. The summed E-state index contributed by atoms with van der Waals surface area (Å²) in [7, 11) is 0. The summed E-state index contributed by atoms with van der Waals surface area (Å²) in [6.45, 7) is 3.80. The van der Waals surface area contributed by atoms with E-state index in [0.29, 0.717) is 5.69 Å². The van der Waals surface area contributed by atoms with Gasteiger partial charge in [0.05, 0.1) is 11.5 Å². The van der Waals surface area contributed by atoms with Crippen LogP contribution in [0.2, 0.25) is 0 Å². The zero-order valence-electron chi connectivity index (χ0n) is 13.1. The van der Waals surface area contributed by atoms with Crippen LogP contribution in [0.5, 0.6) is 0 Å². The predicted molar refractivity (Wildman–Crippen MR) is 88.2 cm³/mol. The fourth-order valence-corrected chi connectivity index (χ4v) is 2.80. The normalized spacial score (nSPS) is 16.2. The Morgan fingerprint density at radius 1 is 1.17 bits per heavy atom. The molecule has 1 atom stereocenters. The Kier molecular flexibility index (Phi) is 3.80. The zero-order valence-corrected chi connectivity index (χ0v) is 13.1. The minimum Gasteiger partial charge on any atom is -0.325 e. The number of aromatic amines is 2. The predicted octanol–water partition coefficient (Wildman–Crippen LogP) is 0.745. The molecule has 3 rings (SSSR count). The van der Waals surface area contributed by atoms with Crippen LogP contribution in [-0.4, -0.2) is 21.8 Å². The SMILES string of the molecule is Cc1ccc(NC(=O)C2CC(=O)Nc3[nH]c(=O)[nH]c(=O)c32)c(C)c1. The fraction of sp³-hybridized carbons (Fsp3) is 0.250. The maximum Gasteiger partial charge on any atom is 0.327 e. The number of amides is 2. The highest BCUT2D eigenvalue weighted by atomic mass is 16.2. The lowest BCUT2D eigenvalue weighted by molar-refractivity contribution is -0.123. The summed E-state index contributed by atoms with van der Waals surface area (Å²) < 4.78 is 0. The Hall–Kier alpha value is -3.16. The molecule has 2 amide bonds. The average Bonchev–Trinajstić information content (AvgIpc) is 2.48. The van der Waals surface area contributed by atoms with Gasteiger partial charge in [0.1, 0.15) is 5.82 Å². The van der Waals surface area contributed by atoms with E-state index in [-0.39, 0.29) is 17.8 Å². The molecule has 0 radical (unpaired) electrons. The van der Waals surface area contributed by atoms with Gasteiger partial charge in [-0.05, 0) is 25.5 Å². The summed E-state index contributed by atoms with van der Waals surface area (Å²) in [4.78, 5) is 52.3. The second-order valence-corrected chi connectivity index (χ2v) is 5.81. The van der Waals surface area contributed by atoms with Crippen molar-refractivity contribution >= 4 is 23.3 Å². The van der Waals surface area contributed by atoms with Gasteiger partial charge in [-0.3, -0.25) is 24.4 Å². The Morgan fingerprint density at radius 3 is 2.62 bits per heavy atom. The van der Waals surface area contributed by atoms with Crippen LogP contribution >= 0.6 is 0 Å². The lowest BCUT2D eigenvalue weighted by atomic mass is 9.92. The fourth-order valence-electron chi connectivity index (χ4n) is 2.80. The number of nitrogens with one attached hydrogen (secondary N) is 4. The molecular formula is C16H16N4O4. The van der Waals surface area contributed by atoms with Gasteiger partial charge in [-0.1, -0.05) is 17.7 Å². The van der Waals surface area contributed by atoms with Gasteiger partial charge < -0.3 is 10.6 Å². The van der Waals surface area contributed by atoms with Crippen LogP contribution in [-0.2, 0) is 9.59 Å². The van der Waals surface area contributed by atoms with E-state index in [0.717, 1.165) is 11.1 Å². The third-order valence-electron chi connectivity index (χ3n) is 3.94. The van der Waals surface area contributed by atoms with E-state index in [9.17, 15) is 19.2 Å². The number of carbonyl (C=O) groups is 2. The molecule has 1 unspecified atom stereocenters. The van der Waals surface area contributed by atoms with Crippen LogP contribution in [0.3, 0.4) is 0 Å². The van der Waals surface area contributed by atoms with E-state index in [1.165, 1.54) is 0 Å². The summed E-state index contributed by atoms with van der Waals surface area (Å²) in [5, 5.41) is 5.16. The molecule has 0 saturated carbocycles. The molecule has 8 heteroatoms. The largest absolute Gasteiger partial charge is 0.327 e. The van der Waals surface area contributed by atoms with Crippen molar-refractivity contribution in [1.29, 1.82) is 0 Å². The Balaban J connectivity index is 1.98. The molecule has 0 bridgehead atoms. The van der Waals surface area contributed by atoms with Crippen molar-refractivity contribution in [3.8, 4) is 0 Å². The molecule has 24 heavy (non-hydrogen) atoms. The van der Waals surface area contributed by atoms with Crippen LogP contribution in [0.25, 0.3) is 0 Å². The van der Waals surface area contributed by atoms with Gasteiger partial charge in [-0.15, -0.1) is 0 Å². The van der Waals surface area contributed by atoms with Crippen molar-refractivity contribution < 1.29 is 9.59 Å². The van der Waals surface area contributed by atoms with Crippen molar-refractivity contribution in [3.05, 3.63) is 55.7 Å². The van der Waals surface area contributed by atoms with E-state index in [2.05, 4.69) is 20.6 Å². The number of H-pyrrole nitrogens is 2. The number of hydrogen-bond donors (Lipinski definition) is 4.